The number of rotatable bonds is 7. The molecule has 1 heterocycles. The summed E-state index contributed by atoms with van der Waals surface area (Å²) in [6.07, 6.45) is 6.28. The van der Waals surface area contributed by atoms with Crippen LogP contribution in [0.25, 0.3) is 11.1 Å². The van der Waals surface area contributed by atoms with Gasteiger partial charge in [-0.3, -0.25) is 9.78 Å². The Morgan fingerprint density at radius 1 is 1.19 bits per heavy atom. The molecule has 0 bridgehead atoms. The van der Waals surface area contributed by atoms with Crippen molar-refractivity contribution in [1.29, 1.82) is 0 Å². The maximum Gasteiger partial charge on any atom is 0.307 e. The van der Waals surface area contributed by atoms with Crippen molar-refractivity contribution in [2.75, 3.05) is 7.11 Å². The lowest BCUT2D eigenvalue weighted by Crippen LogP contribution is -2.21. The third-order valence-corrected chi connectivity index (χ3v) is 7.90. The number of carboxylic acids is 1. The second-order valence-electron chi connectivity index (χ2n) is 11.5. The van der Waals surface area contributed by atoms with Gasteiger partial charge < -0.3 is 14.6 Å². The van der Waals surface area contributed by atoms with Crippen LogP contribution in [0.2, 0.25) is 0 Å². The number of methoxy groups -OCH3 is 1. The molecular formula is C31H34FNO4. The molecule has 0 aliphatic heterocycles. The molecule has 6 heteroatoms. The van der Waals surface area contributed by atoms with Crippen LogP contribution in [-0.4, -0.2) is 23.2 Å². The smallest absolute Gasteiger partial charge is 0.307 e. The second-order valence-corrected chi connectivity index (χ2v) is 11.5. The Bertz CT molecular complexity index is 1330. The number of hydrogen-bond donors (Lipinski definition) is 1. The molecule has 3 atom stereocenters. The standard InChI is InChI=1S/C31H34FNO4/c1-30(2,3)28(36-4)25-12-19(7-10-24(25)21-13-22(32)17-33-16-21)18-37-23-9-8-20-6-5-11-31(26(20)14-23)15-27(31)29(34)35/h7-10,12-14,16-17,27-28H,5-6,11,15,18H2,1-4H3,(H,34,35)/t27-,28+,31-/m0/s1. The molecule has 0 amide bonds. The number of aromatic nitrogens is 1. The number of carbonyl (C=O) groups is 1. The largest absolute Gasteiger partial charge is 0.489 e. The predicted molar refractivity (Wildman–Crippen MR) is 140 cm³/mol. The predicted octanol–water partition coefficient (Wildman–Crippen LogP) is 6.88. The first-order valence-electron chi connectivity index (χ1n) is 12.9. The molecule has 5 rings (SSSR count). The molecular weight excluding hydrogens is 469 g/mol. The third-order valence-electron chi connectivity index (χ3n) is 7.90. The van der Waals surface area contributed by atoms with Crippen molar-refractivity contribution in [3.05, 3.63) is 82.9 Å². The van der Waals surface area contributed by atoms with Crippen LogP contribution in [0.5, 0.6) is 5.75 Å². The minimum atomic E-state index is -0.702. The molecule has 1 N–H and O–H groups in total. The number of halogens is 1. The van der Waals surface area contributed by atoms with Gasteiger partial charge in [-0.15, -0.1) is 0 Å². The number of nitrogens with zero attached hydrogens (tertiary/aromatic N) is 1. The van der Waals surface area contributed by atoms with Gasteiger partial charge in [-0.2, -0.15) is 0 Å². The Labute approximate surface area is 217 Å². The first kappa shape index (κ1) is 25.4. The van der Waals surface area contributed by atoms with Gasteiger partial charge in [0.25, 0.3) is 0 Å². The third kappa shape index (κ3) is 4.87. The summed E-state index contributed by atoms with van der Waals surface area (Å²) in [7, 11) is 1.69. The number of hydrogen-bond acceptors (Lipinski definition) is 4. The van der Waals surface area contributed by atoms with Crippen LogP contribution < -0.4 is 4.74 Å². The van der Waals surface area contributed by atoms with Crippen molar-refractivity contribution in [3.8, 4) is 16.9 Å². The molecule has 0 saturated heterocycles. The van der Waals surface area contributed by atoms with Crippen LogP contribution in [0.15, 0.2) is 54.9 Å². The lowest BCUT2D eigenvalue weighted by atomic mass is 9.78. The number of pyridine rings is 1. The molecule has 1 spiro atoms. The van der Waals surface area contributed by atoms with E-state index < -0.39 is 5.97 Å². The van der Waals surface area contributed by atoms with Gasteiger partial charge in [0.2, 0.25) is 0 Å². The van der Waals surface area contributed by atoms with Gasteiger partial charge in [0, 0.05) is 24.3 Å². The maximum atomic E-state index is 14.0. The molecule has 0 unspecified atom stereocenters. The van der Waals surface area contributed by atoms with Crippen molar-refractivity contribution in [2.45, 2.75) is 64.6 Å². The van der Waals surface area contributed by atoms with E-state index in [0.29, 0.717) is 18.6 Å². The van der Waals surface area contributed by atoms with E-state index in [1.54, 1.807) is 13.3 Å². The summed E-state index contributed by atoms with van der Waals surface area (Å²) in [5, 5.41) is 9.62. The monoisotopic (exact) mass is 503 g/mol. The minimum absolute atomic E-state index is 0.193. The molecule has 1 fully saturated rings. The van der Waals surface area contributed by atoms with Crippen molar-refractivity contribution in [1.82, 2.24) is 4.98 Å². The molecule has 2 aromatic carbocycles. The topological polar surface area (TPSA) is 68.7 Å². The molecule has 2 aliphatic carbocycles. The molecule has 194 valence electrons. The summed E-state index contributed by atoms with van der Waals surface area (Å²) in [6, 6.07) is 13.7. The summed E-state index contributed by atoms with van der Waals surface area (Å²) < 4.78 is 26.2. The molecule has 2 aliphatic rings. The van der Waals surface area contributed by atoms with Gasteiger partial charge in [0.1, 0.15) is 18.2 Å². The highest BCUT2D eigenvalue weighted by atomic mass is 19.1. The summed E-state index contributed by atoms with van der Waals surface area (Å²) in [5.41, 5.74) is 5.46. The fraction of sp³-hybridized carbons (Fsp3) is 0.419. The average molecular weight is 504 g/mol. The fourth-order valence-electron chi connectivity index (χ4n) is 6.11. The zero-order chi connectivity index (χ0) is 26.4. The van der Waals surface area contributed by atoms with Gasteiger partial charge in [-0.25, -0.2) is 4.39 Å². The van der Waals surface area contributed by atoms with Gasteiger partial charge in [-0.1, -0.05) is 39.0 Å². The molecule has 37 heavy (non-hydrogen) atoms. The Morgan fingerprint density at radius 2 is 2.00 bits per heavy atom. The lowest BCUT2D eigenvalue weighted by molar-refractivity contribution is -0.139. The number of aryl methyl sites for hydroxylation is 1. The van der Waals surface area contributed by atoms with E-state index in [9.17, 15) is 14.3 Å². The van der Waals surface area contributed by atoms with E-state index in [0.717, 1.165) is 47.3 Å². The summed E-state index contributed by atoms with van der Waals surface area (Å²) in [6.45, 7) is 6.69. The molecule has 3 aromatic rings. The minimum Gasteiger partial charge on any atom is -0.489 e. The van der Waals surface area contributed by atoms with E-state index in [4.69, 9.17) is 9.47 Å². The number of carboxylic acid groups (broad SMARTS) is 1. The van der Waals surface area contributed by atoms with Gasteiger partial charge in [-0.05, 0) is 83.2 Å². The maximum absolute atomic E-state index is 14.0. The summed E-state index contributed by atoms with van der Waals surface area (Å²) in [4.78, 5) is 15.7. The molecule has 0 radical (unpaired) electrons. The van der Waals surface area contributed by atoms with Crippen molar-refractivity contribution in [2.24, 2.45) is 11.3 Å². The Kier molecular flexibility index (Phi) is 6.57. The van der Waals surface area contributed by atoms with E-state index in [2.05, 4.69) is 44.0 Å². The van der Waals surface area contributed by atoms with E-state index in [-0.39, 0.29) is 28.7 Å². The average Bonchev–Trinajstić information content (AvgIpc) is 3.58. The molecule has 1 aromatic heterocycles. The van der Waals surface area contributed by atoms with E-state index in [1.807, 2.05) is 18.2 Å². The fourth-order valence-corrected chi connectivity index (χ4v) is 6.11. The SMILES string of the molecule is CO[C@H](c1cc(COc2ccc3c(c2)[C@]2(CCC3)C[C@H]2C(=O)O)ccc1-c1cncc(F)c1)C(C)(C)C. The quantitative estimate of drug-likeness (QED) is 0.381. The molecule has 1 saturated carbocycles. The zero-order valence-electron chi connectivity index (χ0n) is 21.9. The van der Waals surface area contributed by atoms with E-state index in [1.165, 1.54) is 17.8 Å². The zero-order valence-corrected chi connectivity index (χ0v) is 21.9. The molecule has 5 nitrogen and oxygen atoms in total. The van der Waals surface area contributed by atoms with Crippen LogP contribution in [0.3, 0.4) is 0 Å². The van der Waals surface area contributed by atoms with Crippen molar-refractivity contribution >= 4 is 5.97 Å². The summed E-state index contributed by atoms with van der Waals surface area (Å²) >= 11 is 0. The Balaban J connectivity index is 1.44. The Morgan fingerprint density at radius 3 is 2.68 bits per heavy atom. The highest BCUT2D eigenvalue weighted by Crippen LogP contribution is 2.60. The first-order valence-corrected chi connectivity index (χ1v) is 12.9. The number of benzene rings is 2. The van der Waals surface area contributed by atoms with Crippen molar-refractivity contribution in [3.63, 3.8) is 0 Å². The number of aliphatic carboxylic acids is 1. The normalized spacial score (nSPS) is 21.4. The van der Waals surface area contributed by atoms with Gasteiger partial charge >= 0.3 is 5.97 Å². The van der Waals surface area contributed by atoms with Crippen molar-refractivity contribution < 1.29 is 23.8 Å². The van der Waals surface area contributed by atoms with Crippen LogP contribution in [-0.2, 0) is 28.0 Å². The van der Waals surface area contributed by atoms with Crippen LogP contribution in [0, 0.1) is 17.2 Å². The van der Waals surface area contributed by atoms with Gasteiger partial charge in [0.05, 0.1) is 18.2 Å². The second kappa shape index (κ2) is 9.56. The Hall–Kier alpha value is -3.25. The van der Waals surface area contributed by atoms with E-state index >= 15 is 0 Å². The lowest BCUT2D eigenvalue weighted by Gasteiger charge is -2.31. The van der Waals surface area contributed by atoms with Crippen LogP contribution in [0.1, 0.15) is 68.4 Å². The van der Waals surface area contributed by atoms with Crippen LogP contribution >= 0.6 is 0 Å². The van der Waals surface area contributed by atoms with Gasteiger partial charge in [0.15, 0.2) is 0 Å². The van der Waals surface area contributed by atoms with Crippen LogP contribution in [0.4, 0.5) is 4.39 Å². The first-order chi connectivity index (χ1) is 17.6. The number of fused-ring (bicyclic) bond motifs is 2. The highest BCUT2D eigenvalue weighted by Gasteiger charge is 2.60. The number of ether oxygens (including phenoxy) is 2. The summed E-state index contributed by atoms with van der Waals surface area (Å²) in [5.74, 6) is -0.633. The highest BCUT2D eigenvalue weighted by molar-refractivity contribution is 5.78.